The molecule has 2 nitrogen and oxygen atoms in total. The second-order valence-corrected chi connectivity index (χ2v) is 3.73. The molecule has 0 atom stereocenters. The highest BCUT2D eigenvalue weighted by atomic mass is 19.2. The van der Waals surface area contributed by atoms with Crippen LogP contribution in [0.5, 0.6) is 0 Å². The molecule has 104 valence electrons. The summed E-state index contributed by atoms with van der Waals surface area (Å²) in [6.45, 7) is 0. The number of nitrogens with one attached hydrogen (secondary N) is 1. The molecule has 2 aromatic rings. The third kappa shape index (κ3) is 2.61. The predicted octanol–water partition coefficient (Wildman–Crippen LogP) is 3.83. The SMILES string of the molecule is Fc1c(F)c(F)c(N/N=C\c2ccccc2)c(F)c1F. The predicted molar refractivity (Wildman–Crippen MR) is 63.9 cm³/mol. The molecular formula is C13H7F5N2. The molecule has 0 aliphatic carbocycles. The van der Waals surface area contributed by atoms with Gasteiger partial charge in [0, 0.05) is 0 Å². The maximum atomic E-state index is 13.3. The fourth-order valence-corrected chi connectivity index (χ4v) is 1.41. The molecule has 0 saturated heterocycles. The average molecular weight is 286 g/mol. The Hall–Kier alpha value is -2.44. The molecular weight excluding hydrogens is 279 g/mol. The zero-order valence-electron chi connectivity index (χ0n) is 9.80. The summed E-state index contributed by atoms with van der Waals surface area (Å²) >= 11 is 0. The Morgan fingerprint density at radius 3 is 1.80 bits per heavy atom. The quantitative estimate of drug-likeness (QED) is 0.299. The van der Waals surface area contributed by atoms with Crippen molar-refractivity contribution in [2.45, 2.75) is 0 Å². The Balaban J connectivity index is 2.29. The largest absolute Gasteiger partial charge is 0.272 e. The van der Waals surface area contributed by atoms with Gasteiger partial charge in [-0.15, -0.1) is 0 Å². The number of benzene rings is 2. The third-order valence-corrected chi connectivity index (χ3v) is 2.40. The molecule has 7 heteroatoms. The summed E-state index contributed by atoms with van der Waals surface area (Å²) in [7, 11) is 0. The van der Waals surface area contributed by atoms with E-state index in [2.05, 4.69) is 5.10 Å². The van der Waals surface area contributed by atoms with E-state index >= 15 is 0 Å². The summed E-state index contributed by atoms with van der Waals surface area (Å²) in [4.78, 5) is 0. The van der Waals surface area contributed by atoms with Crippen LogP contribution >= 0.6 is 0 Å². The van der Waals surface area contributed by atoms with Gasteiger partial charge in [-0.3, -0.25) is 5.43 Å². The molecule has 0 amide bonds. The number of rotatable bonds is 3. The number of hydrogen-bond acceptors (Lipinski definition) is 2. The van der Waals surface area contributed by atoms with Crippen LogP contribution < -0.4 is 5.43 Å². The van der Waals surface area contributed by atoms with E-state index in [-0.39, 0.29) is 0 Å². The van der Waals surface area contributed by atoms with Crippen LogP contribution in [0, 0.1) is 29.1 Å². The summed E-state index contributed by atoms with van der Waals surface area (Å²) in [6.07, 6.45) is 1.18. The third-order valence-electron chi connectivity index (χ3n) is 2.40. The number of nitrogens with zero attached hydrogens (tertiary/aromatic N) is 1. The van der Waals surface area contributed by atoms with Gasteiger partial charge in [-0.05, 0) is 5.56 Å². The van der Waals surface area contributed by atoms with Gasteiger partial charge in [0.2, 0.25) is 5.82 Å². The molecule has 0 heterocycles. The average Bonchev–Trinajstić information content (AvgIpc) is 2.48. The first-order valence-corrected chi connectivity index (χ1v) is 5.38. The van der Waals surface area contributed by atoms with Gasteiger partial charge in [-0.2, -0.15) is 5.10 Å². The molecule has 1 N–H and O–H groups in total. The number of hydrazone groups is 1. The van der Waals surface area contributed by atoms with Gasteiger partial charge in [0.1, 0.15) is 5.69 Å². The summed E-state index contributed by atoms with van der Waals surface area (Å²) < 4.78 is 65.1. The molecule has 0 unspecified atom stereocenters. The van der Waals surface area contributed by atoms with Crippen LogP contribution in [0.1, 0.15) is 5.56 Å². The summed E-state index contributed by atoms with van der Waals surface area (Å²) in [5.74, 6) is -10.2. The van der Waals surface area contributed by atoms with E-state index in [0.717, 1.165) is 0 Å². The van der Waals surface area contributed by atoms with E-state index in [0.29, 0.717) is 5.56 Å². The fourth-order valence-electron chi connectivity index (χ4n) is 1.41. The highest BCUT2D eigenvalue weighted by Gasteiger charge is 2.25. The zero-order chi connectivity index (χ0) is 14.7. The van der Waals surface area contributed by atoms with Gasteiger partial charge in [-0.25, -0.2) is 22.0 Å². The summed E-state index contributed by atoms with van der Waals surface area (Å²) in [5, 5.41) is 3.43. The number of hydrogen-bond donors (Lipinski definition) is 1. The van der Waals surface area contributed by atoms with Crippen molar-refractivity contribution in [2.75, 3.05) is 5.43 Å². The van der Waals surface area contributed by atoms with Crippen molar-refractivity contribution in [3.8, 4) is 0 Å². The first-order chi connectivity index (χ1) is 9.52. The Morgan fingerprint density at radius 1 is 0.750 bits per heavy atom. The molecule has 0 fully saturated rings. The fraction of sp³-hybridized carbons (Fsp3) is 0. The molecule has 0 radical (unpaired) electrons. The maximum Gasteiger partial charge on any atom is 0.200 e. The maximum absolute atomic E-state index is 13.3. The lowest BCUT2D eigenvalue weighted by molar-refractivity contribution is 0.381. The molecule has 20 heavy (non-hydrogen) atoms. The smallest absolute Gasteiger partial charge is 0.200 e. The minimum Gasteiger partial charge on any atom is -0.272 e. The monoisotopic (exact) mass is 286 g/mol. The van der Waals surface area contributed by atoms with Crippen molar-refractivity contribution >= 4 is 11.9 Å². The van der Waals surface area contributed by atoms with Crippen LogP contribution in [-0.4, -0.2) is 6.21 Å². The highest BCUT2D eigenvalue weighted by molar-refractivity contribution is 5.80. The van der Waals surface area contributed by atoms with Crippen molar-refractivity contribution in [2.24, 2.45) is 5.10 Å². The normalized spacial score (nSPS) is 11.1. The molecule has 2 aromatic carbocycles. The van der Waals surface area contributed by atoms with Crippen molar-refractivity contribution in [3.05, 3.63) is 65.0 Å². The standard InChI is InChI=1S/C13H7F5N2/c14-8-9(15)11(17)13(12(18)10(8)16)20-19-6-7-4-2-1-3-5-7/h1-6,20H/b19-6-. The molecule has 0 aromatic heterocycles. The highest BCUT2D eigenvalue weighted by Crippen LogP contribution is 2.26. The molecule has 0 spiro atoms. The zero-order valence-corrected chi connectivity index (χ0v) is 9.80. The van der Waals surface area contributed by atoms with Gasteiger partial charge in [-0.1, -0.05) is 30.3 Å². The van der Waals surface area contributed by atoms with E-state index in [4.69, 9.17) is 0 Å². The van der Waals surface area contributed by atoms with Crippen LogP contribution in [0.3, 0.4) is 0 Å². The topological polar surface area (TPSA) is 24.4 Å². The first kappa shape index (κ1) is 14.0. The van der Waals surface area contributed by atoms with Crippen molar-refractivity contribution < 1.29 is 22.0 Å². The summed E-state index contributed by atoms with van der Waals surface area (Å²) in [5.41, 5.74) is 1.20. The van der Waals surface area contributed by atoms with Crippen LogP contribution in [0.2, 0.25) is 0 Å². The van der Waals surface area contributed by atoms with Crippen LogP contribution in [-0.2, 0) is 0 Å². The number of anilines is 1. The molecule has 2 rings (SSSR count). The lowest BCUT2D eigenvalue weighted by atomic mass is 10.2. The van der Waals surface area contributed by atoms with Gasteiger partial charge in [0.25, 0.3) is 0 Å². The van der Waals surface area contributed by atoms with Gasteiger partial charge < -0.3 is 0 Å². The van der Waals surface area contributed by atoms with Gasteiger partial charge in [0.05, 0.1) is 6.21 Å². The Bertz CT molecular complexity index is 627. The molecule has 0 aliphatic rings. The van der Waals surface area contributed by atoms with E-state index in [1.54, 1.807) is 30.3 Å². The second kappa shape index (κ2) is 5.68. The van der Waals surface area contributed by atoms with E-state index < -0.39 is 34.8 Å². The minimum atomic E-state index is -2.21. The van der Waals surface area contributed by atoms with Crippen LogP contribution in [0.4, 0.5) is 27.6 Å². The van der Waals surface area contributed by atoms with Crippen molar-refractivity contribution in [3.63, 3.8) is 0 Å². The Kier molecular flexibility index (Phi) is 3.97. The van der Waals surface area contributed by atoms with Crippen molar-refractivity contribution in [1.29, 1.82) is 0 Å². The first-order valence-electron chi connectivity index (χ1n) is 5.38. The second-order valence-electron chi connectivity index (χ2n) is 3.73. The van der Waals surface area contributed by atoms with Crippen LogP contribution in [0.15, 0.2) is 35.4 Å². The number of halogens is 5. The van der Waals surface area contributed by atoms with E-state index in [1.165, 1.54) is 6.21 Å². The minimum absolute atomic E-state index is 0.587. The van der Waals surface area contributed by atoms with E-state index in [1.807, 2.05) is 5.43 Å². The molecule has 0 aliphatic heterocycles. The van der Waals surface area contributed by atoms with Crippen LogP contribution in [0.25, 0.3) is 0 Å². The van der Waals surface area contributed by atoms with Gasteiger partial charge >= 0.3 is 0 Å². The Morgan fingerprint density at radius 2 is 1.25 bits per heavy atom. The Labute approximate surface area is 110 Å². The lowest BCUT2D eigenvalue weighted by Gasteiger charge is -2.06. The molecule has 0 saturated carbocycles. The lowest BCUT2D eigenvalue weighted by Crippen LogP contribution is -2.06. The van der Waals surface area contributed by atoms with Gasteiger partial charge in [0.15, 0.2) is 23.3 Å². The van der Waals surface area contributed by atoms with Crippen molar-refractivity contribution in [1.82, 2.24) is 0 Å². The van der Waals surface area contributed by atoms with E-state index in [9.17, 15) is 22.0 Å². The summed E-state index contributed by atoms with van der Waals surface area (Å²) in [6, 6.07) is 8.42. The molecule has 0 bridgehead atoms.